The van der Waals surface area contributed by atoms with Gasteiger partial charge in [-0.1, -0.05) is 96.8 Å². The first-order valence-electron chi connectivity index (χ1n) is 17.3. The Hall–Kier alpha value is -0.158. The van der Waals surface area contributed by atoms with Crippen LogP contribution in [0.4, 0.5) is 17.3 Å². The van der Waals surface area contributed by atoms with Crippen LogP contribution >= 0.6 is 0 Å². The molecule has 1 rings (SSSR count). The van der Waals surface area contributed by atoms with Gasteiger partial charge < -0.3 is 35.0 Å². The van der Waals surface area contributed by atoms with Crippen LogP contribution < -0.4 is 0 Å². The Morgan fingerprint density at radius 2 is 0.854 bits per heavy atom. The third-order valence-electron chi connectivity index (χ3n) is 8.24. The Morgan fingerprint density at radius 1 is 0.512 bits per heavy atom. The standard InChI is InChI=1S/C31H66NO3Si.BF4/c1-5-9-10-11-12-13-14-15-16-17-18-19-20-21-22-24-27-32(28-25-23-26-29-32)30-31-36(33-6-2,34-7-3)35-8-4;2-1(3,4)5/h5-31H2,1-4H3;/q+1;-1. The van der Waals surface area contributed by atoms with Crippen molar-refractivity contribution in [2.45, 2.75) is 156 Å². The maximum atomic E-state index is 9.75. The van der Waals surface area contributed by atoms with Gasteiger partial charge in [-0.3, -0.25) is 0 Å². The predicted octanol–water partition coefficient (Wildman–Crippen LogP) is 10.6. The lowest BCUT2D eigenvalue weighted by molar-refractivity contribution is -0.931. The van der Waals surface area contributed by atoms with Crippen LogP contribution in [0.15, 0.2) is 0 Å². The molecule has 10 heteroatoms. The van der Waals surface area contributed by atoms with Crippen molar-refractivity contribution in [1.29, 1.82) is 0 Å². The number of unbranched alkanes of at least 4 members (excludes halogenated alkanes) is 15. The molecule has 1 saturated heterocycles. The predicted molar refractivity (Wildman–Crippen MR) is 169 cm³/mol. The SMILES string of the molecule is CCCCCCCCCCCCCCCCCC[N+]1(CC[Si](OCC)(OCC)OCC)CCCCC1.F[B-](F)(F)F. The Bertz CT molecular complexity index is 547. The maximum absolute atomic E-state index is 9.75. The van der Waals surface area contributed by atoms with Crippen LogP contribution in [0.2, 0.25) is 6.04 Å². The van der Waals surface area contributed by atoms with Crippen molar-refractivity contribution >= 4 is 16.1 Å². The summed E-state index contributed by atoms with van der Waals surface area (Å²) in [5, 5.41) is 0. The second-order valence-electron chi connectivity index (χ2n) is 11.8. The first kappa shape index (κ1) is 40.8. The van der Waals surface area contributed by atoms with Crippen molar-refractivity contribution in [3.8, 4) is 0 Å². The Morgan fingerprint density at radius 3 is 1.20 bits per heavy atom. The summed E-state index contributed by atoms with van der Waals surface area (Å²) >= 11 is 0. The molecular formula is C31H66BF4NO3Si. The van der Waals surface area contributed by atoms with Gasteiger partial charge in [0.15, 0.2) is 0 Å². The molecule has 0 radical (unpaired) electrons. The number of hydrogen-bond donors (Lipinski definition) is 0. The van der Waals surface area contributed by atoms with Crippen molar-refractivity contribution in [3.05, 3.63) is 0 Å². The topological polar surface area (TPSA) is 27.7 Å². The second-order valence-corrected chi connectivity index (χ2v) is 14.6. The zero-order valence-corrected chi connectivity index (χ0v) is 28.4. The summed E-state index contributed by atoms with van der Waals surface area (Å²) in [4.78, 5) is 0. The molecule has 0 bridgehead atoms. The summed E-state index contributed by atoms with van der Waals surface area (Å²) in [5.74, 6) is 0. The zero-order valence-electron chi connectivity index (χ0n) is 27.4. The van der Waals surface area contributed by atoms with Crippen molar-refractivity contribution in [2.75, 3.05) is 46.0 Å². The maximum Gasteiger partial charge on any atom is 0.673 e. The molecule has 0 amide bonds. The Labute approximate surface area is 252 Å². The molecule has 0 aromatic carbocycles. The monoisotopic (exact) mass is 615 g/mol. The highest BCUT2D eigenvalue weighted by Crippen LogP contribution is 2.26. The van der Waals surface area contributed by atoms with Crippen LogP contribution in [0.25, 0.3) is 0 Å². The second kappa shape index (κ2) is 26.3. The van der Waals surface area contributed by atoms with Gasteiger partial charge in [0, 0.05) is 19.8 Å². The van der Waals surface area contributed by atoms with E-state index in [0.29, 0.717) is 19.8 Å². The van der Waals surface area contributed by atoms with Gasteiger partial charge in [-0.25, -0.2) is 0 Å². The van der Waals surface area contributed by atoms with E-state index in [1.54, 1.807) is 0 Å². The summed E-state index contributed by atoms with van der Waals surface area (Å²) in [5.41, 5.74) is 0. The van der Waals surface area contributed by atoms with E-state index >= 15 is 0 Å². The summed E-state index contributed by atoms with van der Waals surface area (Å²) in [6, 6.07) is 0.974. The van der Waals surface area contributed by atoms with Crippen molar-refractivity contribution in [2.24, 2.45) is 0 Å². The molecule has 0 aliphatic carbocycles. The van der Waals surface area contributed by atoms with Gasteiger partial charge in [0.25, 0.3) is 0 Å². The van der Waals surface area contributed by atoms with E-state index in [4.69, 9.17) is 13.3 Å². The van der Waals surface area contributed by atoms with Gasteiger partial charge in [0.2, 0.25) is 0 Å². The number of halogens is 4. The number of hydrogen-bond acceptors (Lipinski definition) is 3. The van der Waals surface area contributed by atoms with Crippen LogP contribution in [0.5, 0.6) is 0 Å². The minimum absolute atomic E-state index is 0.686. The van der Waals surface area contributed by atoms with E-state index < -0.39 is 16.1 Å². The fraction of sp³-hybridized carbons (Fsp3) is 1.00. The van der Waals surface area contributed by atoms with E-state index in [1.807, 2.05) is 0 Å². The lowest BCUT2D eigenvalue weighted by atomic mass is 10.0. The molecule has 41 heavy (non-hydrogen) atoms. The summed E-state index contributed by atoms with van der Waals surface area (Å²) in [7, 11) is -8.53. The smallest absolute Gasteiger partial charge is 0.418 e. The third-order valence-corrected chi connectivity index (χ3v) is 11.3. The van der Waals surface area contributed by atoms with Crippen LogP contribution in [0.1, 0.15) is 150 Å². The molecule has 0 saturated carbocycles. The van der Waals surface area contributed by atoms with Gasteiger partial charge in [0.1, 0.15) is 0 Å². The highest BCUT2D eigenvalue weighted by atomic mass is 28.4. The van der Waals surface area contributed by atoms with Gasteiger partial charge >= 0.3 is 16.1 Å². The summed E-state index contributed by atoms with van der Waals surface area (Å²) in [6.07, 6.45) is 27.2. The minimum Gasteiger partial charge on any atom is -0.418 e. The normalized spacial score (nSPS) is 15.5. The average molecular weight is 616 g/mol. The largest absolute Gasteiger partial charge is 0.673 e. The summed E-state index contributed by atoms with van der Waals surface area (Å²) < 4.78 is 58.8. The highest BCUT2D eigenvalue weighted by molar-refractivity contribution is 6.60. The third kappa shape index (κ3) is 24.9. The van der Waals surface area contributed by atoms with E-state index in [0.717, 1.165) is 6.04 Å². The summed E-state index contributed by atoms with van der Waals surface area (Å²) in [6.45, 7) is 15.8. The molecule has 1 aliphatic heterocycles. The molecule has 248 valence electrons. The molecule has 0 unspecified atom stereocenters. The van der Waals surface area contributed by atoms with E-state index in [1.165, 1.54) is 153 Å². The number of rotatable bonds is 26. The van der Waals surface area contributed by atoms with Crippen LogP contribution in [0, 0.1) is 0 Å². The van der Waals surface area contributed by atoms with Gasteiger partial charge in [-0.05, 0) is 52.9 Å². The first-order chi connectivity index (χ1) is 19.7. The first-order valence-corrected chi connectivity index (χ1v) is 19.2. The fourth-order valence-electron chi connectivity index (χ4n) is 6.11. The van der Waals surface area contributed by atoms with E-state index in [2.05, 4.69) is 27.7 Å². The quantitative estimate of drug-likeness (QED) is 0.0419. The van der Waals surface area contributed by atoms with Crippen molar-refractivity contribution in [3.63, 3.8) is 0 Å². The van der Waals surface area contributed by atoms with Gasteiger partial charge in [-0.15, -0.1) is 0 Å². The molecule has 0 aromatic rings. The van der Waals surface area contributed by atoms with E-state index in [9.17, 15) is 17.3 Å². The Kier molecular flexibility index (Phi) is 26.2. The minimum atomic E-state index is -6.00. The highest BCUT2D eigenvalue weighted by Gasteiger charge is 2.44. The molecule has 1 heterocycles. The van der Waals surface area contributed by atoms with E-state index in [-0.39, 0.29) is 0 Å². The average Bonchev–Trinajstić information content (AvgIpc) is 2.92. The Balaban J connectivity index is 0.00000292. The van der Waals surface area contributed by atoms with Crippen LogP contribution in [-0.2, 0) is 13.3 Å². The molecule has 0 atom stereocenters. The number of quaternary nitrogens is 1. The van der Waals surface area contributed by atoms with Gasteiger partial charge in [-0.2, -0.15) is 0 Å². The molecule has 0 N–H and O–H groups in total. The van der Waals surface area contributed by atoms with Crippen molar-refractivity contribution < 1.29 is 35.0 Å². The molecular weight excluding hydrogens is 549 g/mol. The molecule has 0 aromatic heterocycles. The molecule has 0 spiro atoms. The molecule has 1 aliphatic rings. The zero-order chi connectivity index (χ0) is 30.7. The molecule has 4 nitrogen and oxygen atoms in total. The van der Waals surface area contributed by atoms with Crippen LogP contribution in [-0.4, -0.2) is 66.5 Å². The lowest BCUT2D eigenvalue weighted by Crippen LogP contribution is -2.56. The number of nitrogens with zero attached hydrogens (tertiary/aromatic N) is 1. The lowest BCUT2D eigenvalue weighted by Gasteiger charge is -2.43. The molecule has 1 fully saturated rings. The van der Waals surface area contributed by atoms with Crippen LogP contribution in [0.3, 0.4) is 0 Å². The van der Waals surface area contributed by atoms with Gasteiger partial charge in [0.05, 0.1) is 32.2 Å². The number of likely N-dealkylation sites (tertiary alicyclic amines) is 1. The van der Waals surface area contributed by atoms with Crippen molar-refractivity contribution in [1.82, 2.24) is 0 Å². The number of piperidine rings is 1. The fourth-order valence-corrected chi connectivity index (χ4v) is 8.86.